The number of benzene rings is 6. The molecule has 0 N–H and O–H groups in total. The lowest BCUT2D eigenvalue weighted by molar-refractivity contribution is 0.632. The van der Waals surface area contributed by atoms with Gasteiger partial charge in [0.15, 0.2) is 0 Å². The van der Waals surface area contributed by atoms with Gasteiger partial charge in [-0.2, -0.15) is 0 Å². The van der Waals surface area contributed by atoms with E-state index in [1.807, 2.05) is 43.8 Å². The SMILES string of the molecule is CC.Cc1cccc(N2c3ccccc3C(C)(C)c3ccccc32)c1-c1ccccc1Sc1ccccc1.Cc1ccccc1. The predicted molar refractivity (Wildman–Crippen MR) is 197 cm³/mol. The molecule has 1 heterocycles. The van der Waals surface area contributed by atoms with Crippen LogP contribution in [0.1, 0.15) is 49.9 Å². The Morgan fingerprint density at radius 2 is 0.978 bits per heavy atom. The number of aryl methyl sites for hydroxylation is 2. The van der Waals surface area contributed by atoms with Crippen LogP contribution in [0.3, 0.4) is 0 Å². The molecule has 1 aliphatic rings. The number of nitrogens with zero attached hydrogens (tertiary/aromatic N) is 1. The molecule has 0 aliphatic carbocycles. The van der Waals surface area contributed by atoms with Crippen LogP contribution in [0.15, 0.2) is 161 Å². The summed E-state index contributed by atoms with van der Waals surface area (Å²) in [5.74, 6) is 0. The Morgan fingerprint density at radius 1 is 0.489 bits per heavy atom. The fourth-order valence-corrected chi connectivity index (χ4v) is 7.00. The van der Waals surface area contributed by atoms with Crippen LogP contribution in [0.25, 0.3) is 11.1 Å². The molecule has 1 nitrogen and oxygen atoms in total. The molecule has 0 saturated heterocycles. The summed E-state index contributed by atoms with van der Waals surface area (Å²) in [7, 11) is 0. The topological polar surface area (TPSA) is 3.24 Å². The van der Waals surface area contributed by atoms with Crippen molar-refractivity contribution in [2.24, 2.45) is 0 Å². The van der Waals surface area contributed by atoms with Gasteiger partial charge in [-0.15, -0.1) is 0 Å². The third kappa shape index (κ3) is 6.77. The first-order valence-electron chi connectivity index (χ1n) is 15.9. The second-order valence-electron chi connectivity index (χ2n) is 11.5. The quantitative estimate of drug-likeness (QED) is 0.197. The molecule has 0 fully saturated rings. The van der Waals surface area contributed by atoms with Crippen LogP contribution in [-0.4, -0.2) is 0 Å². The zero-order valence-corrected chi connectivity index (χ0v) is 28.1. The summed E-state index contributed by atoms with van der Waals surface area (Å²) in [5, 5.41) is 0. The van der Waals surface area contributed by atoms with E-state index >= 15 is 0 Å². The minimum atomic E-state index is -0.0747. The highest BCUT2D eigenvalue weighted by atomic mass is 32.2. The monoisotopic (exact) mass is 605 g/mol. The summed E-state index contributed by atoms with van der Waals surface area (Å²) in [6.07, 6.45) is 0. The number of para-hydroxylation sites is 2. The van der Waals surface area contributed by atoms with Gasteiger partial charge >= 0.3 is 0 Å². The van der Waals surface area contributed by atoms with Crippen LogP contribution in [0, 0.1) is 13.8 Å². The number of anilines is 3. The number of hydrogen-bond donors (Lipinski definition) is 0. The van der Waals surface area contributed by atoms with Crippen molar-refractivity contribution in [1.82, 2.24) is 0 Å². The predicted octanol–water partition coefficient (Wildman–Crippen LogP) is 12.9. The summed E-state index contributed by atoms with van der Waals surface area (Å²) >= 11 is 1.83. The van der Waals surface area contributed by atoms with Gasteiger partial charge in [-0.05, 0) is 72.5 Å². The van der Waals surface area contributed by atoms with Crippen molar-refractivity contribution in [2.45, 2.75) is 56.7 Å². The Labute approximate surface area is 274 Å². The lowest BCUT2D eigenvalue weighted by Crippen LogP contribution is -2.30. The lowest BCUT2D eigenvalue weighted by atomic mass is 9.73. The molecular weight excluding hydrogens is 563 g/mol. The molecule has 0 radical (unpaired) electrons. The molecule has 0 spiro atoms. The minimum absolute atomic E-state index is 0.0747. The van der Waals surface area contributed by atoms with Crippen LogP contribution in [0.5, 0.6) is 0 Å². The lowest BCUT2D eigenvalue weighted by Gasteiger charge is -2.42. The number of fused-ring (bicyclic) bond motifs is 2. The van der Waals surface area contributed by atoms with E-state index in [-0.39, 0.29) is 5.41 Å². The highest BCUT2D eigenvalue weighted by molar-refractivity contribution is 7.99. The first-order chi connectivity index (χ1) is 21.9. The fraction of sp³-hybridized carbons (Fsp3) is 0.163. The number of rotatable bonds is 4. The van der Waals surface area contributed by atoms with Gasteiger partial charge in [0.25, 0.3) is 0 Å². The molecule has 0 aromatic heterocycles. The van der Waals surface area contributed by atoms with Crippen molar-refractivity contribution < 1.29 is 0 Å². The molecule has 0 saturated carbocycles. The second-order valence-corrected chi connectivity index (χ2v) is 12.6. The van der Waals surface area contributed by atoms with Crippen LogP contribution >= 0.6 is 11.8 Å². The van der Waals surface area contributed by atoms with Gasteiger partial charge in [-0.3, -0.25) is 0 Å². The molecule has 2 heteroatoms. The average molecular weight is 606 g/mol. The fourth-order valence-electron chi connectivity index (χ4n) is 6.03. The van der Waals surface area contributed by atoms with Crippen LogP contribution in [-0.2, 0) is 5.41 Å². The van der Waals surface area contributed by atoms with Gasteiger partial charge in [0, 0.05) is 20.8 Å². The van der Waals surface area contributed by atoms with Crippen LogP contribution < -0.4 is 4.90 Å². The summed E-state index contributed by atoms with van der Waals surface area (Å²) in [5.41, 5.74) is 11.5. The summed E-state index contributed by atoms with van der Waals surface area (Å²) in [6, 6.07) is 54.1. The van der Waals surface area contributed by atoms with Crippen LogP contribution in [0.2, 0.25) is 0 Å². The van der Waals surface area contributed by atoms with Gasteiger partial charge < -0.3 is 4.90 Å². The van der Waals surface area contributed by atoms with Gasteiger partial charge in [-0.1, -0.05) is 160 Å². The Bertz CT molecular complexity index is 1790. The van der Waals surface area contributed by atoms with E-state index in [0.29, 0.717) is 0 Å². The molecule has 6 aromatic carbocycles. The average Bonchev–Trinajstić information content (AvgIpc) is 3.08. The third-order valence-electron chi connectivity index (χ3n) is 8.20. The summed E-state index contributed by atoms with van der Waals surface area (Å²) in [6.45, 7) is 13.0. The largest absolute Gasteiger partial charge is 0.309 e. The zero-order chi connectivity index (χ0) is 31.8. The molecule has 45 heavy (non-hydrogen) atoms. The highest BCUT2D eigenvalue weighted by Gasteiger charge is 2.37. The van der Waals surface area contributed by atoms with Gasteiger partial charge in [0.1, 0.15) is 0 Å². The molecule has 6 aromatic rings. The smallest absolute Gasteiger partial charge is 0.0543 e. The molecular formula is C43H43NS. The van der Waals surface area contributed by atoms with Crippen molar-refractivity contribution in [3.05, 3.63) is 174 Å². The minimum Gasteiger partial charge on any atom is -0.309 e. The van der Waals surface area contributed by atoms with E-state index in [2.05, 4.69) is 166 Å². The third-order valence-corrected chi connectivity index (χ3v) is 9.28. The van der Waals surface area contributed by atoms with E-state index < -0.39 is 0 Å². The Kier molecular flexibility index (Phi) is 10.3. The van der Waals surface area contributed by atoms with E-state index in [4.69, 9.17) is 0 Å². The molecule has 0 unspecified atom stereocenters. The molecule has 0 bridgehead atoms. The first kappa shape index (κ1) is 31.9. The zero-order valence-electron chi connectivity index (χ0n) is 27.3. The van der Waals surface area contributed by atoms with Crippen molar-refractivity contribution >= 4 is 28.8 Å². The summed E-state index contributed by atoms with van der Waals surface area (Å²) < 4.78 is 0. The Hall–Kier alpha value is -4.53. The molecule has 1 aliphatic heterocycles. The molecule has 7 rings (SSSR count). The molecule has 226 valence electrons. The van der Waals surface area contributed by atoms with E-state index in [1.165, 1.54) is 60.2 Å². The van der Waals surface area contributed by atoms with Crippen LogP contribution in [0.4, 0.5) is 17.1 Å². The van der Waals surface area contributed by atoms with Crippen molar-refractivity contribution in [3.63, 3.8) is 0 Å². The van der Waals surface area contributed by atoms with Crippen molar-refractivity contribution in [1.29, 1.82) is 0 Å². The summed E-state index contributed by atoms with van der Waals surface area (Å²) in [4.78, 5) is 4.98. The maximum Gasteiger partial charge on any atom is 0.0543 e. The van der Waals surface area contributed by atoms with Gasteiger partial charge in [0.2, 0.25) is 0 Å². The highest BCUT2D eigenvalue weighted by Crippen LogP contribution is 2.54. The van der Waals surface area contributed by atoms with E-state index in [1.54, 1.807) is 0 Å². The standard InChI is InChI=1S/C34H29NS.C7H8.C2H6/c1-24-14-13-22-31(33(24)26-17-7-12-23-32(26)36-25-15-5-4-6-16-25)35-29-20-10-8-18-27(29)34(2,3)28-19-9-11-21-30(28)35;1-7-5-3-2-4-6-7;1-2/h4-23H,1-3H3;2-6H,1H3;1-2H3. The second kappa shape index (κ2) is 14.5. The first-order valence-corrected chi connectivity index (χ1v) is 16.7. The van der Waals surface area contributed by atoms with Crippen molar-refractivity contribution in [2.75, 3.05) is 4.90 Å². The molecule has 0 atom stereocenters. The maximum absolute atomic E-state index is 2.47. The van der Waals surface area contributed by atoms with E-state index in [9.17, 15) is 0 Å². The van der Waals surface area contributed by atoms with Gasteiger partial charge in [-0.25, -0.2) is 0 Å². The normalized spacial score (nSPS) is 12.4. The molecule has 0 amide bonds. The maximum atomic E-state index is 2.47. The Balaban J connectivity index is 0.000000389. The van der Waals surface area contributed by atoms with Gasteiger partial charge in [0.05, 0.1) is 17.1 Å². The Morgan fingerprint density at radius 3 is 1.56 bits per heavy atom. The van der Waals surface area contributed by atoms with Crippen molar-refractivity contribution in [3.8, 4) is 11.1 Å². The van der Waals surface area contributed by atoms with E-state index in [0.717, 1.165) is 0 Å². The number of hydrogen-bond acceptors (Lipinski definition) is 2.